The van der Waals surface area contributed by atoms with Gasteiger partial charge in [-0.2, -0.15) is 0 Å². The molecule has 5 heteroatoms. The third-order valence-corrected chi connectivity index (χ3v) is 4.65. The second-order valence-electron chi connectivity index (χ2n) is 4.99. The zero-order valence-electron chi connectivity index (χ0n) is 11.9. The van der Waals surface area contributed by atoms with Crippen LogP contribution < -0.4 is 5.32 Å². The fourth-order valence-electron chi connectivity index (χ4n) is 2.14. The molecule has 0 aliphatic carbocycles. The summed E-state index contributed by atoms with van der Waals surface area (Å²) in [6.07, 6.45) is 0. The van der Waals surface area contributed by atoms with Crippen molar-refractivity contribution >= 4 is 17.2 Å². The van der Waals surface area contributed by atoms with E-state index in [0.29, 0.717) is 26.3 Å². The fourth-order valence-corrected chi connectivity index (χ4v) is 3.14. The first-order valence-electron chi connectivity index (χ1n) is 6.73. The molecule has 0 spiro atoms. The second-order valence-corrected chi connectivity index (χ2v) is 6.33. The first-order valence-corrected chi connectivity index (χ1v) is 7.55. The Morgan fingerprint density at radius 1 is 1.47 bits per heavy atom. The number of carbonyl (C=O) groups excluding carboxylic acids is 1. The van der Waals surface area contributed by atoms with E-state index in [1.807, 2.05) is 11.8 Å². The van der Waals surface area contributed by atoms with Gasteiger partial charge in [-0.3, -0.25) is 4.79 Å². The lowest BCUT2D eigenvalue weighted by molar-refractivity contribution is -0.137. The van der Waals surface area contributed by atoms with E-state index in [-0.39, 0.29) is 11.9 Å². The van der Waals surface area contributed by atoms with E-state index >= 15 is 0 Å². The molecular weight excluding hydrogens is 260 g/mol. The Kier molecular flexibility index (Phi) is 4.96. The zero-order valence-corrected chi connectivity index (χ0v) is 12.7. The number of hydrogen-bond acceptors (Lipinski definition) is 4. The van der Waals surface area contributed by atoms with E-state index in [0.717, 1.165) is 6.54 Å². The Morgan fingerprint density at radius 2 is 2.16 bits per heavy atom. The molecule has 0 radical (unpaired) electrons. The maximum absolute atomic E-state index is 12.2. The number of hydrogen-bond donors (Lipinski definition) is 1. The van der Waals surface area contributed by atoms with Crippen molar-refractivity contribution in [3.05, 3.63) is 21.4 Å². The number of aryl methyl sites for hydroxylation is 2. The molecule has 1 unspecified atom stereocenters. The van der Waals surface area contributed by atoms with Gasteiger partial charge in [0.05, 0.1) is 19.3 Å². The first kappa shape index (κ1) is 14.5. The van der Waals surface area contributed by atoms with Gasteiger partial charge in [0.1, 0.15) is 0 Å². The van der Waals surface area contributed by atoms with Crippen LogP contribution in [0.2, 0.25) is 0 Å². The summed E-state index contributed by atoms with van der Waals surface area (Å²) in [6, 6.07) is 2.06. The molecule has 1 saturated heterocycles. The van der Waals surface area contributed by atoms with Crippen molar-refractivity contribution in [3.63, 3.8) is 0 Å². The molecule has 1 atom stereocenters. The smallest absolute Gasteiger partial charge is 0.239 e. The van der Waals surface area contributed by atoms with Gasteiger partial charge in [0.25, 0.3) is 0 Å². The Bertz CT molecular complexity index is 419. The maximum Gasteiger partial charge on any atom is 0.239 e. The highest BCUT2D eigenvalue weighted by Gasteiger charge is 2.22. The van der Waals surface area contributed by atoms with Gasteiger partial charge in [-0.1, -0.05) is 0 Å². The number of rotatable bonds is 4. The van der Waals surface area contributed by atoms with Crippen molar-refractivity contribution in [2.45, 2.75) is 33.4 Å². The maximum atomic E-state index is 12.2. The minimum absolute atomic E-state index is 0.138. The first-order chi connectivity index (χ1) is 9.08. The van der Waals surface area contributed by atoms with Crippen molar-refractivity contribution < 1.29 is 9.53 Å². The molecule has 1 aromatic rings. The average Bonchev–Trinajstić information content (AvgIpc) is 2.75. The van der Waals surface area contributed by atoms with Gasteiger partial charge >= 0.3 is 0 Å². The van der Waals surface area contributed by atoms with Crippen molar-refractivity contribution in [2.75, 3.05) is 26.3 Å². The molecule has 0 bridgehead atoms. The molecule has 2 heterocycles. The van der Waals surface area contributed by atoms with Crippen LogP contribution in [0.4, 0.5) is 0 Å². The Hall–Kier alpha value is -0.910. The lowest BCUT2D eigenvalue weighted by Crippen LogP contribution is -2.48. The Balaban J connectivity index is 1.83. The van der Waals surface area contributed by atoms with Gasteiger partial charge in [0, 0.05) is 29.4 Å². The van der Waals surface area contributed by atoms with E-state index in [1.54, 1.807) is 11.3 Å². The summed E-state index contributed by atoms with van der Waals surface area (Å²) < 4.78 is 5.26. The van der Waals surface area contributed by atoms with Gasteiger partial charge in [-0.05, 0) is 32.4 Å². The van der Waals surface area contributed by atoms with Crippen LogP contribution in [0.15, 0.2) is 6.07 Å². The van der Waals surface area contributed by atoms with Gasteiger partial charge in [-0.25, -0.2) is 0 Å². The van der Waals surface area contributed by atoms with Crippen molar-refractivity contribution in [2.24, 2.45) is 0 Å². The highest BCUT2D eigenvalue weighted by molar-refractivity contribution is 7.12. The molecule has 2 rings (SSSR count). The number of carbonyl (C=O) groups is 1. The fraction of sp³-hybridized carbons (Fsp3) is 0.643. The summed E-state index contributed by atoms with van der Waals surface area (Å²) in [5.74, 6) is 0.174. The van der Waals surface area contributed by atoms with Crippen LogP contribution in [-0.2, 0) is 16.1 Å². The molecule has 1 aliphatic rings. The molecule has 4 nitrogen and oxygen atoms in total. The van der Waals surface area contributed by atoms with Crippen LogP contribution in [0.3, 0.4) is 0 Å². The van der Waals surface area contributed by atoms with Crippen LogP contribution >= 0.6 is 11.3 Å². The van der Waals surface area contributed by atoms with Gasteiger partial charge in [-0.15, -0.1) is 11.3 Å². The SMILES string of the molecule is Cc1cc(CNC(C)C(=O)N2CCOCC2)sc1C. The minimum atomic E-state index is -0.138. The average molecular weight is 282 g/mol. The van der Waals surface area contributed by atoms with Gasteiger partial charge < -0.3 is 15.0 Å². The van der Waals surface area contributed by atoms with Gasteiger partial charge in [0.2, 0.25) is 5.91 Å². The predicted molar refractivity (Wildman–Crippen MR) is 77.5 cm³/mol. The molecule has 1 fully saturated rings. The molecule has 1 aliphatic heterocycles. The van der Waals surface area contributed by atoms with Crippen LogP contribution in [-0.4, -0.2) is 43.2 Å². The monoisotopic (exact) mass is 282 g/mol. The molecular formula is C14H22N2O2S. The number of nitrogens with one attached hydrogen (secondary N) is 1. The molecule has 1 aromatic heterocycles. The van der Waals surface area contributed by atoms with Crippen LogP contribution in [0.25, 0.3) is 0 Å². The number of ether oxygens (including phenoxy) is 1. The van der Waals surface area contributed by atoms with Crippen molar-refractivity contribution in [1.82, 2.24) is 10.2 Å². The number of thiophene rings is 1. The van der Waals surface area contributed by atoms with E-state index in [1.165, 1.54) is 15.3 Å². The molecule has 0 aromatic carbocycles. The number of nitrogens with zero attached hydrogens (tertiary/aromatic N) is 1. The van der Waals surface area contributed by atoms with E-state index in [4.69, 9.17) is 4.74 Å². The third kappa shape index (κ3) is 3.78. The summed E-state index contributed by atoms with van der Waals surface area (Å²) in [6.45, 7) is 9.68. The Morgan fingerprint density at radius 3 is 2.74 bits per heavy atom. The summed E-state index contributed by atoms with van der Waals surface area (Å²) in [5.41, 5.74) is 1.33. The second kappa shape index (κ2) is 6.50. The third-order valence-electron chi connectivity index (χ3n) is 3.49. The van der Waals surface area contributed by atoms with Crippen LogP contribution in [0, 0.1) is 13.8 Å². The van der Waals surface area contributed by atoms with E-state index in [2.05, 4.69) is 25.2 Å². The lowest BCUT2D eigenvalue weighted by Gasteiger charge is -2.29. The Labute approximate surface area is 118 Å². The minimum Gasteiger partial charge on any atom is -0.378 e. The number of amides is 1. The molecule has 19 heavy (non-hydrogen) atoms. The van der Waals surface area contributed by atoms with Crippen molar-refractivity contribution in [3.8, 4) is 0 Å². The molecule has 0 saturated carbocycles. The molecule has 1 N–H and O–H groups in total. The van der Waals surface area contributed by atoms with E-state index in [9.17, 15) is 4.79 Å². The summed E-state index contributed by atoms with van der Waals surface area (Å²) in [7, 11) is 0. The highest BCUT2D eigenvalue weighted by atomic mass is 32.1. The topological polar surface area (TPSA) is 41.6 Å². The van der Waals surface area contributed by atoms with Crippen molar-refractivity contribution in [1.29, 1.82) is 0 Å². The molecule has 1 amide bonds. The lowest BCUT2D eigenvalue weighted by atomic mass is 10.2. The normalized spacial score (nSPS) is 17.5. The summed E-state index contributed by atoms with van der Waals surface area (Å²) in [4.78, 5) is 16.7. The van der Waals surface area contributed by atoms with Crippen LogP contribution in [0.1, 0.15) is 22.2 Å². The zero-order chi connectivity index (χ0) is 13.8. The summed E-state index contributed by atoms with van der Waals surface area (Å²) >= 11 is 1.80. The standard InChI is InChI=1S/C14H22N2O2S/c1-10-8-13(19-12(10)3)9-15-11(2)14(17)16-4-6-18-7-5-16/h8,11,15H,4-7,9H2,1-3H3. The number of morpholine rings is 1. The van der Waals surface area contributed by atoms with E-state index < -0.39 is 0 Å². The predicted octanol–water partition coefficient (Wildman–Crippen LogP) is 1.70. The summed E-state index contributed by atoms with van der Waals surface area (Å²) in [5, 5.41) is 3.31. The molecule has 106 valence electrons. The van der Waals surface area contributed by atoms with Crippen LogP contribution in [0.5, 0.6) is 0 Å². The highest BCUT2D eigenvalue weighted by Crippen LogP contribution is 2.20. The largest absolute Gasteiger partial charge is 0.378 e. The quantitative estimate of drug-likeness (QED) is 0.914. The van der Waals surface area contributed by atoms with Gasteiger partial charge in [0.15, 0.2) is 0 Å².